The van der Waals surface area contributed by atoms with Gasteiger partial charge in [0.05, 0.1) is 0 Å². The fourth-order valence-electron chi connectivity index (χ4n) is 1.59. The van der Waals surface area contributed by atoms with Gasteiger partial charge >= 0.3 is 0 Å². The third-order valence-corrected chi connectivity index (χ3v) is 3.56. The lowest BCUT2D eigenvalue weighted by Gasteiger charge is -2.15. The van der Waals surface area contributed by atoms with E-state index in [1.54, 1.807) is 0 Å². The smallest absolute Gasteiger partial charge is 0.132 e. The van der Waals surface area contributed by atoms with Crippen molar-refractivity contribution < 1.29 is 0 Å². The van der Waals surface area contributed by atoms with E-state index >= 15 is 0 Å². The number of hydrogen-bond acceptors (Lipinski definition) is 5. The average molecular weight is 268 g/mol. The maximum Gasteiger partial charge on any atom is 0.132 e. The van der Waals surface area contributed by atoms with Gasteiger partial charge in [0.1, 0.15) is 17.5 Å². The summed E-state index contributed by atoms with van der Waals surface area (Å²) in [5.41, 5.74) is 0. The van der Waals surface area contributed by atoms with E-state index in [0.717, 1.165) is 41.9 Å². The monoisotopic (exact) mass is 268 g/mol. The summed E-state index contributed by atoms with van der Waals surface area (Å²) in [5, 5.41) is 6.68. The summed E-state index contributed by atoms with van der Waals surface area (Å²) in [7, 11) is 0. The minimum Gasteiger partial charge on any atom is -0.370 e. The first-order chi connectivity index (χ1) is 8.69. The lowest BCUT2D eigenvalue weighted by Crippen LogP contribution is -2.19. The average Bonchev–Trinajstić information content (AvgIpc) is 2.36. The molecule has 2 N–H and O–H groups in total. The van der Waals surface area contributed by atoms with E-state index in [9.17, 15) is 0 Å². The van der Waals surface area contributed by atoms with Crippen molar-refractivity contribution in [1.82, 2.24) is 9.97 Å². The molecule has 0 aliphatic rings. The summed E-state index contributed by atoms with van der Waals surface area (Å²) >= 11 is 1.94. The van der Waals surface area contributed by atoms with Crippen LogP contribution in [0.4, 0.5) is 11.6 Å². The van der Waals surface area contributed by atoms with Gasteiger partial charge in [-0.1, -0.05) is 13.8 Å². The first kappa shape index (κ1) is 15.1. The zero-order chi connectivity index (χ0) is 13.4. The molecule has 0 aromatic carbocycles. The van der Waals surface area contributed by atoms with E-state index in [0.29, 0.717) is 6.04 Å². The summed E-state index contributed by atoms with van der Waals surface area (Å²) in [6.45, 7) is 9.39. The second kappa shape index (κ2) is 8.19. The molecular formula is C13H24N4S. The maximum atomic E-state index is 4.51. The highest BCUT2D eigenvalue weighted by atomic mass is 32.2. The Balaban J connectivity index is 2.71. The Morgan fingerprint density at radius 3 is 2.56 bits per heavy atom. The van der Waals surface area contributed by atoms with Crippen LogP contribution in [0.2, 0.25) is 0 Å². The second-order valence-electron chi connectivity index (χ2n) is 4.14. The van der Waals surface area contributed by atoms with Crippen molar-refractivity contribution in [2.75, 3.05) is 28.7 Å². The van der Waals surface area contributed by atoms with Crippen LogP contribution in [0.5, 0.6) is 0 Å². The summed E-state index contributed by atoms with van der Waals surface area (Å²) in [5.74, 6) is 4.95. The SMILES string of the molecule is CCNc1cc(NC(C)CSCC)nc(CC)n1. The number of nitrogens with zero attached hydrogens (tertiary/aromatic N) is 2. The molecule has 0 aliphatic carbocycles. The Labute approximate surface area is 114 Å². The highest BCUT2D eigenvalue weighted by molar-refractivity contribution is 7.99. The van der Waals surface area contributed by atoms with E-state index in [1.807, 2.05) is 17.8 Å². The van der Waals surface area contributed by atoms with Gasteiger partial charge < -0.3 is 10.6 Å². The second-order valence-corrected chi connectivity index (χ2v) is 5.46. The van der Waals surface area contributed by atoms with E-state index in [2.05, 4.69) is 48.3 Å². The minimum atomic E-state index is 0.420. The van der Waals surface area contributed by atoms with Gasteiger partial charge in [0.25, 0.3) is 0 Å². The van der Waals surface area contributed by atoms with Crippen LogP contribution in [0.1, 0.15) is 33.5 Å². The lowest BCUT2D eigenvalue weighted by atomic mass is 10.3. The number of aromatic nitrogens is 2. The first-order valence-electron chi connectivity index (χ1n) is 6.65. The number of nitrogens with one attached hydrogen (secondary N) is 2. The van der Waals surface area contributed by atoms with Gasteiger partial charge in [0.2, 0.25) is 0 Å². The molecule has 0 saturated carbocycles. The molecule has 1 rings (SSSR count). The Morgan fingerprint density at radius 2 is 1.94 bits per heavy atom. The lowest BCUT2D eigenvalue weighted by molar-refractivity contribution is 0.877. The van der Waals surface area contributed by atoms with Crippen molar-refractivity contribution in [3.8, 4) is 0 Å². The quantitative estimate of drug-likeness (QED) is 0.759. The number of anilines is 2. The molecular weight excluding hydrogens is 244 g/mol. The number of hydrogen-bond donors (Lipinski definition) is 2. The molecule has 0 aliphatic heterocycles. The van der Waals surface area contributed by atoms with Gasteiger partial charge in [-0.15, -0.1) is 0 Å². The summed E-state index contributed by atoms with van der Waals surface area (Å²) in [6, 6.07) is 2.40. The fourth-order valence-corrected chi connectivity index (χ4v) is 2.26. The van der Waals surface area contributed by atoms with Crippen LogP contribution in [0.25, 0.3) is 0 Å². The molecule has 102 valence electrons. The van der Waals surface area contributed by atoms with Crippen LogP contribution in [-0.2, 0) is 6.42 Å². The van der Waals surface area contributed by atoms with Crippen LogP contribution in [-0.4, -0.2) is 34.1 Å². The summed E-state index contributed by atoms with van der Waals surface area (Å²) < 4.78 is 0. The molecule has 0 saturated heterocycles. The largest absolute Gasteiger partial charge is 0.370 e. The van der Waals surface area contributed by atoms with Crippen LogP contribution < -0.4 is 10.6 Å². The normalized spacial score (nSPS) is 12.2. The van der Waals surface area contributed by atoms with Crippen molar-refractivity contribution in [3.05, 3.63) is 11.9 Å². The molecule has 0 amide bonds. The van der Waals surface area contributed by atoms with Crippen LogP contribution in [0, 0.1) is 0 Å². The third kappa shape index (κ3) is 5.12. The Kier molecular flexibility index (Phi) is 6.86. The molecule has 4 nitrogen and oxygen atoms in total. The predicted octanol–water partition coefficient (Wildman–Crippen LogP) is 3.02. The standard InChI is InChI=1S/C13H24N4S/c1-5-11-16-12(14-6-2)8-13(17-11)15-10(4)9-18-7-3/h8,10H,5-7,9H2,1-4H3,(H2,14,15,16,17). The third-order valence-electron chi connectivity index (χ3n) is 2.41. The van der Waals surface area contributed by atoms with Crippen LogP contribution >= 0.6 is 11.8 Å². The maximum absolute atomic E-state index is 4.51. The van der Waals surface area contributed by atoms with Gasteiger partial charge in [0, 0.05) is 30.8 Å². The summed E-state index contributed by atoms with van der Waals surface area (Å²) in [6.07, 6.45) is 0.853. The molecule has 18 heavy (non-hydrogen) atoms. The Bertz CT molecular complexity index is 357. The molecule has 0 radical (unpaired) electrons. The van der Waals surface area contributed by atoms with Gasteiger partial charge in [-0.25, -0.2) is 9.97 Å². The van der Waals surface area contributed by atoms with Crippen molar-refractivity contribution in [2.45, 2.75) is 40.2 Å². The van der Waals surface area contributed by atoms with Gasteiger partial charge in [-0.3, -0.25) is 0 Å². The predicted molar refractivity (Wildman–Crippen MR) is 81.7 cm³/mol. The van der Waals surface area contributed by atoms with Crippen molar-refractivity contribution in [2.24, 2.45) is 0 Å². The molecule has 1 unspecified atom stereocenters. The molecule has 5 heteroatoms. The molecule has 1 aromatic heterocycles. The van der Waals surface area contributed by atoms with Gasteiger partial charge in [-0.2, -0.15) is 11.8 Å². The van der Waals surface area contributed by atoms with Crippen LogP contribution in [0.3, 0.4) is 0 Å². The summed E-state index contributed by atoms with van der Waals surface area (Å²) in [4.78, 5) is 8.95. The molecule has 1 aromatic rings. The highest BCUT2D eigenvalue weighted by Gasteiger charge is 2.06. The topological polar surface area (TPSA) is 49.8 Å². The minimum absolute atomic E-state index is 0.420. The number of thioether (sulfide) groups is 1. The molecule has 0 bridgehead atoms. The molecule has 1 heterocycles. The Hall–Kier alpha value is -0.970. The highest BCUT2D eigenvalue weighted by Crippen LogP contribution is 2.14. The molecule has 0 spiro atoms. The number of aryl methyl sites for hydroxylation is 1. The fraction of sp³-hybridized carbons (Fsp3) is 0.692. The van der Waals surface area contributed by atoms with Gasteiger partial charge in [-0.05, 0) is 19.6 Å². The molecule has 1 atom stereocenters. The zero-order valence-corrected chi connectivity index (χ0v) is 12.6. The number of rotatable bonds is 8. The molecule has 0 fully saturated rings. The van der Waals surface area contributed by atoms with Gasteiger partial charge in [0.15, 0.2) is 0 Å². The zero-order valence-electron chi connectivity index (χ0n) is 11.8. The first-order valence-corrected chi connectivity index (χ1v) is 7.81. The van der Waals surface area contributed by atoms with E-state index < -0.39 is 0 Å². The van der Waals surface area contributed by atoms with Crippen molar-refractivity contribution in [1.29, 1.82) is 0 Å². The van der Waals surface area contributed by atoms with E-state index in [1.165, 1.54) is 0 Å². The van der Waals surface area contributed by atoms with Crippen LogP contribution in [0.15, 0.2) is 6.07 Å². The van der Waals surface area contributed by atoms with Crippen molar-refractivity contribution in [3.63, 3.8) is 0 Å². The van der Waals surface area contributed by atoms with E-state index in [-0.39, 0.29) is 0 Å². The Morgan fingerprint density at radius 1 is 1.22 bits per heavy atom. The van der Waals surface area contributed by atoms with Crippen molar-refractivity contribution >= 4 is 23.4 Å². The van der Waals surface area contributed by atoms with E-state index in [4.69, 9.17) is 0 Å².